The lowest BCUT2D eigenvalue weighted by atomic mass is 9.84. The quantitative estimate of drug-likeness (QED) is 0.328. The van der Waals surface area contributed by atoms with Crippen LogP contribution in [0.5, 0.6) is 0 Å². The fraction of sp³-hybridized carbons (Fsp3) is 1.00. The fourth-order valence-electron chi connectivity index (χ4n) is 3.78. The SMILES string of the molecule is CCCCCCOC1CC(CC[Si](OCC)(OCC)OCC)CCC1O. The monoisotopic (exact) mass is 390 g/mol. The van der Waals surface area contributed by atoms with Crippen LogP contribution in [0.4, 0.5) is 0 Å². The van der Waals surface area contributed by atoms with Crippen molar-refractivity contribution in [3.8, 4) is 0 Å². The molecular weight excluding hydrogens is 348 g/mol. The zero-order chi connectivity index (χ0) is 19.3. The van der Waals surface area contributed by atoms with Gasteiger partial charge in [-0.1, -0.05) is 26.2 Å². The molecule has 1 saturated carbocycles. The van der Waals surface area contributed by atoms with Gasteiger partial charge in [-0.2, -0.15) is 0 Å². The molecule has 3 unspecified atom stereocenters. The van der Waals surface area contributed by atoms with Crippen LogP contribution in [0.15, 0.2) is 0 Å². The average Bonchev–Trinajstić information content (AvgIpc) is 2.62. The Labute approximate surface area is 162 Å². The summed E-state index contributed by atoms with van der Waals surface area (Å²) in [7, 11) is -2.56. The summed E-state index contributed by atoms with van der Waals surface area (Å²) in [6, 6.07) is 0.854. The average molecular weight is 391 g/mol. The van der Waals surface area contributed by atoms with Crippen molar-refractivity contribution >= 4 is 8.80 Å². The van der Waals surface area contributed by atoms with Gasteiger partial charge in [-0.05, 0) is 58.8 Å². The smallest absolute Gasteiger partial charge is 0.390 e. The summed E-state index contributed by atoms with van der Waals surface area (Å²) in [4.78, 5) is 0. The number of ether oxygens (including phenoxy) is 1. The summed E-state index contributed by atoms with van der Waals surface area (Å²) in [6.45, 7) is 10.9. The molecule has 0 aromatic carbocycles. The Morgan fingerprint density at radius 3 is 2.12 bits per heavy atom. The third-order valence-electron chi connectivity index (χ3n) is 5.15. The Morgan fingerprint density at radius 1 is 0.885 bits per heavy atom. The van der Waals surface area contributed by atoms with E-state index in [1.165, 1.54) is 19.3 Å². The highest BCUT2D eigenvalue weighted by molar-refractivity contribution is 6.60. The van der Waals surface area contributed by atoms with E-state index in [0.717, 1.165) is 44.8 Å². The maximum Gasteiger partial charge on any atom is 0.500 e. The van der Waals surface area contributed by atoms with Crippen molar-refractivity contribution in [2.45, 2.75) is 97.3 Å². The lowest BCUT2D eigenvalue weighted by molar-refractivity contribution is -0.0728. The van der Waals surface area contributed by atoms with Crippen LogP contribution in [0.25, 0.3) is 0 Å². The van der Waals surface area contributed by atoms with Crippen LogP contribution in [0, 0.1) is 5.92 Å². The van der Waals surface area contributed by atoms with Gasteiger partial charge in [-0.15, -0.1) is 0 Å². The van der Waals surface area contributed by atoms with Crippen LogP contribution in [0.2, 0.25) is 6.04 Å². The summed E-state index contributed by atoms with van der Waals surface area (Å²) in [5, 5.41) is 10.3. The first kappa shape index (κ1) is 24.1. The Morgan fingerprint density at radius 2 is 1.54 bits per heavy atom. The summed E-state index contributed by atoms with van der Waals surface area (Å²) >= 11 is 0. The molecule has 0 heterocycles. The predicted octanol–water partition coefficient (Wildman–Crippen LogP) is 4.55. The van der Waals surface area contributed by atoms with Crippen LogP contribution in [0.3, 0.4) is 0 Å². The number of hydrogen-bond acceptors (Lipinski definition) is 5. The summed E-state index contributed by atoms with van der Waals surface area (Å²) < 4.78 is 23.9. The van der Waals surface area contributed by atoms with Crippen molar-refractivity contribution in [2.24, 2.45) is 5.92 Å². The minimum Gasteiger partial charge on any atom is -0.390 e. The molecule has 1 aliphatic rings. The van der Waals surface area contributed by atoms with Crippen molar-refractivity contribution in [3.05, 3.63) is 0 Å². The Balaban J connectivity index is 2.46. The predicted molar refractivity (Wildman–Crippen MR) is 107 cm³/mol. The van der Waals surface area contributed by atoms with Crippen LogP contribution in [0.1, 0.15) is 79.1 Å². The largest absolute Gasteiger partial charge is 0.500 e. The van der Waals surface area contributed by atoms with Crippen molar-refractivity contribution in [1.29, 1.82) is 0 Å². The highest BCUT2D eigenvalue weighted by Crippen LogP contribution is 2.32. The maximum absolute atomic E-state index is 10.3. The molecule has 0 saturated heterocycles. The molecule has 1 aliphatic carbocycles. The van der Waals surface area contributed by atoms with Crippen LogP contribution >= 0.6 is 0 Å². The lowest BCUT2D eigenvalue weighted by Crippen LogP contribution is -2.46. The molecule has 0 spiro atoms. The number of hydrogen-bond donors (Lipinski definition) is 1. The van der Waals surface area contributed by atoms with E-state index in [2.05, 4.69) is 6.92 Å². The van der Waals surface area contributed by atoms with Gasteiger partial charge < -0.3 is 23.1 Å². The highest BCUT2D eigenvalue weighted by Gasteiger charge is 2.41. The number of rotatable bonds is 15. The molecule has 0 amide bonds. The van der Waals surface area contributed by atoms with E-state index in [9.17, 15) is 5.11 Å². The third kappa shape index (κ3) is 8.80. The second-order valence-corrected chi connectivity index (χ2v) is 9.97. The van der Waals surface area contributed by atoms with E-state index in [1.807, 2.05) is 20.8 Å². The summed E-state index contributed by atoms with van der Waals surface area (Å²) in [6.07, 6.45) is 8.31. The van der Waals surface area contributed by atoms with Gasteiger partial charge in [-0.25, -0.2) is 0 Å². The van der Waals surface area contributed by atoms with E-state index < -0.39 is 8.80 Å². The first-order valence-electron chi connectivity index (χ1n) is 10.8. The standard InChI is InChI=1S/C20H42O5Si/c1-5-9-10-11-15-22-20-17-18(12-13-19(20)21)14-16-26(23-6-2,24-7-3)25-8-4/h18-21H,5-17H2,1-4H3. The maximum atomic E-state index is 10.3. The van der Waals surface area contributed by atoms with E-state index in [0.29, 0.717) is 25.7 Å². The minimum atomic E-state index is -2.56. The molecule has 0 aliphatic heterocycles. The van der Waals surface area contributed by atoms with Gasteiger partial charge in [0.05, 0.1) is 12.2 Å². The van der Waals surface area contributed by atoms with Crippen molar-refractivity contribution in [1.82, 2.24) is 0 Å². The normalized spacial score (nSPS) is 24.1. The van der Waals surface area contributed by atoms with E-state index in [4.69, 9.17) is 18.0 Å². The fourth-order valence-corrected chi connectivity index (χ4v) is 6.55. The molecule has 1 rings (SSSR count). The molecule has 0 aromatic heterocycles. The first-order chi connectivity index (χ1) is 12.6. The highest BCUT2D eigenvalue weighted by atomic mass is 28.4. The third-order valence-corrected chi connectivity index (χ3v) is 8.23. The summed E-state index contributed by atoms with van der Waals surface area (Å²) in [5.74, 6) is 0.548. The van der Waals surface area contributed by atoms with Crippen LogP contribution in [-0.2, 0) is 18.0 Å². The van der Waals surface area contributed by atoms with Gasteiger partial charge >= 0.3 is 8.80 Å². The zero-order valence-electron chi connectivity index (χ0n) is 17.5. The van der Waals surface area contributed by atoms with Gasteiger partial charge in [-0.3, -0.25) is 0 Å². The molecular formula is C20H42O5Si. The molecule has 156 valence electrons. The summed E-state index contributed by atoms with van der Waals surface area (Å²) in [5.41, 5.74) is 0. The Hall–Kier alpha value is 0.0169. The second kappa shape index (κ2) is 14.1. The van der Waals surface area contributed by atoms with Crippen LogP contribution < -0.4 is 0 Å². The Bertz CT molecular complexity index is 325. The molecule has 1 N–H and O–H groups in total. The topological polar surface area (TPSA) is 57.2 Å². The second-order valence-electron chi connectivity index (χ2n) is 7.24. The number of aliphatic hydroxyl groups is 1. The van der Waals surface area contributed by atoms with Crippen LogP contribution in [-0.4, -0.2) is 52.5 Å². The lowest BCUT2D eigenvalue weighted by Gasteiger charge is -2.35. The molecule has 0 radical (unpaired) electrons. The molecule has 26 heavy (non-hydrogen) atoms. The van der Waals surface area contributed by atoms with Gasteiger partial charge in [0.2, 0.25) is 0 Å². The van der Waals surface area contributed by atoms with Gasteiger partial charge in [0.25, 0.3) is 0 Å². The molecule has 6 heteroatoms. The number of unbranched alkanes of at least 4 members (excludes halogenated alkanes) is 3. The van der Waals surface area contributed by atoms with E-state index >= 15 is 0 Å². The first-order valence-corrected chi connectivity index (χ1v) is 12.7. The van der Waals surface area contributed by atoms with Gasteiger partial charge in [0.1, 0.15) is 0 Å². The van der Waals surface area contributed by atoms with Gasteiger partial charge in [0, 0.05) is 32.5 Å². The molecule has 5 nitrogen and oxygen atoms in total. The van der Waals surface area contributed by atoms with Gasteiger partial charge in [0.15, 0.2) is 0 Å². The van der Waals surface area contributed by atoms with Crippen molar-refractivity contribution < 1.29 is 23.1 Å². The Kier molecular flexibility index (Phi) is 13.0. The molecule has 3 atom stereocenters. The van der Waals surface area contributed by atoms with Crippen molar-refractivity contribution in [3.63, 3.8) is 0 Å². The molecule has 0 bridgehead atoms. The van der Waals surface area contributed by atoms with E-state index in [-0.39, 0.29) is 12.2 Å². The minimum absolute atomic E-state index is 0.0160. The zero-order valence-corrected chi connectivity index (χ0v) is 18.5. The molecule has 0 aromatic rings. The molecule has 1 fully saturated rings. The van der Waals surface area contributed by atoms with Crippen molar-refractivity contribution in [2.75, 3.05) is 26.4 Å². The van der Waals surface area contributed by atoms with E-state index in [1.54, 1.807) is 0 Å². The number of aliphatic hydroxyl groups excluding tert-OH is 1.